The molecule has 1 saturated carbocycles. The number of halogens is 4. The molecule has 1 aliphatic heterocycles. The predicted molar refractivity (Wildman–Crippen MR) is 101 cm³/mol. The molecule has 5 nitrogen and oxygen atoms in total. The summed E-state index contributed by atoms with van der Waals surface area (Å²) in [6.07, 6.45) is -2.69. The van der Waals surface area contributed by atoms with E-state index in [1.54, 1.807) is 20.8 Å². The van der Waals surface area contributed by atoms with Gasteiger partial charge in [-0.3, -0.25) is 9.69 Å². The molecule has 1 unspecified atom stereocenters. The van der Waals surface area contributed by atoms with Gasteiger partial charge in [0.15, 0.2) is 0 Å². The molecular formula is C21H26F4N2O3. The predicted octanol–water partition coefficient (Wildman–Crippen LogP) is 4.81. The Bertz CT molecular complexity index is 815. The molecule has 1 saturated heterocycles. The van der Waals surface area contributed by atoms with Gasteiger partial charge in [-0.25, -0.2) is 9.18 Å². The van der Waals surface area contributed by atoms with Gasteiger partial charge in [0.1, 0.15) is 17.5 Å². The second-order valence-corrected chi connectivity index (χ2v) is 8.89. The molecule has 3 rings (SSSR count). The van der Waals surface area contributed by atoms with E-state index >= 15 is 0 Å². The topological polar surface area (TPSA) is 58.6 Å². The maximum absolute atomic E-state index is 14.5. The summed E-state index contributed by atoms with van der Waals surface area (Å²) in [5.41, 5.74) is -1.75. The van der Waals surface area contributed by atoms with Crippen LogP contribution in [0.1, 0.15) is 63.6 Å². The summed E-state index contributed by atoms with van der Waals surface area (Å²) in [4.78, 5) is 26.7. The van der Waals surface area contributed by atoms with Gasteiger partial charge in [0.25, 0.3) is 0 Å². The second-order valence-electron chi connectivity index (χ2n) is 8.89. The van der Waals surface area contributed by atoms with Crippen LogP contribution in [0.2, 0.25) is 0 Å². The van der Waals surface area contributed by atoms with Crippen LogP contribution in [0.15, 0.2) is 18.2 Å². The zero-order chi connectivity index (χ0) is 22.3. The maximum atomic E-state index is 14.5. The number of hydrogen-bond acceptors (Lipinski definition) is 3. The molecule has 0 spiro atoms. The lowest BCUT2D eigenvalue weighted by Crippen LogP contribution is -2.48. The molecule has 1 aromatic rings. The lowest BCUT2D eigenvalue weighted by Gasteiger charge is -2.29. The third-order valence-corrected chi connectivity index (χ3v) is 5.24. The zero-order valence-electron chi connectivity index (χ0n) is 17.2. The molecular weight excluding hydrogens is 404 g/mol. The first-order valence-electron chi connectivity index (χ1n) is 10.0. The molecule has 2 fully saturated rings. The fourth-order valence-corrected chi connectivity index (χ4v) is 3.66. The van der Waals surface area contributed by atoms with E-state index in [-0.39, 0.29) is 11.5 Å². The summed E-state index contributed by atoms with van der Waals surface area (Å²) in [5, 5.41) is 2.77. The molecule has 0 radical (unpaired) electrons. The minimum Gasteiger partial charge on any atom is -0.444 e. The van der Waals surface area contributed by atoms with Crippen LogP contribution < -0.4 is 5.32 Å². The van der Waals surface area contributed by atoms with Crippen molar-refractivity contribution in [2.75, 3.05) is 6.54 Å². The highest BCUT2D eigenvalue weighted by molar-refractivity contribution is 5.86. The van der Waals surface area contributed by atoms with Crippen molar-refractivity contribution in [1.82, 2.24) is 10.2 Å². The van der Waals surface area contributed by atoms with Crippen LogP contribution in [0.5, 0.6) is 0 Å². The van der Waals surface area contributed by atoms with Gasteiger partial charge in [-0.05, 0) is 64.5 Å². The summed E-state index contributed by atoms with van der Waals surface area (Å²) in [7, 11) is 0. The van der Waals surface area contributed by atoms with E-state index in [1.165, 1.54) is 4.90 Å². The Kier molecular flexibility index (Phi) is 6.02. The average molecular weight is 430 g/mol. The number of carbonyl (C=O) groups is 2. The van der Waals surface area contributed by atoms with E-state index in [1.807, 2.05) is 0 Å². The van der Waals surface area contributed by atoms with Gasteiger partial charge in [-0.1, -0.05) is 6.07 Å². The third kappa shape index (κ3) is 5.23. The molecule has 1 aliphatic carbocycles. The lowest BCUT2D eigenvalue weighted by atomic mass is 9.99. The summed E-state index contributed by atoms with van der Waals surface area (Å²) >= 11 is 0. The van der Waals surface area contributed by atoms with Crippen molar-refractivity contribution < 1.29 is 31.9 Å². The minimum atomic E-state index is -4.64. The first-order valence-corrected chi connectivity index (χ1v) is 10.0. The number of rotatable bonds is 4. The number of likely N-dealkylation sites (tertiary alicyclic amines) is 1. The minimum absolute atomic E-state index is 0.0284. The molecule has 30 heavy (non-hydrogen) atoms. The molecule has 1 heterocycles. The highest BCUT2D eigenvalue weighted by atomic mass is 19.4. The number of nitrogens with one attached hydrogen (secondary N) is 1. The van der Waals surface area contributed by atoms with E-state index in [9.17, 15) is 27.2 Å². The second kappa shape index (κ2) is 8.07. The van der Waals surface area contributed by atoms with Gasteiger partial charge in [0.2, 0.25) is 5.91 Å². The molecule has 2 atom stereocenters. The highest BCUT2D eigenvalue weighted by Gasteiger charge is 2.41. The standard InChI is InChI=1S/C21H26F4N2O3/c1-20(2,3)30-19(29)27-10-4-5-16(27)18(28)26-17(12-6-7-12)14-9-8-13(11-15(14)22)21(23,24)25/h8-9,11-12,16-17H,4-7,10H2,1-3H3,(H,26,28)/t16?,17-/m1/s1. The average Bonchev–Trinajstić information content (AvgIpc) is 3.32. The molecule has 166 valence electrons. The van der Waals surface area contributed by atoms with E-state index < -0.39 is 47.2 Å². The van der Waals surface area contributed by atoms with Crippen LogP contribution in [-0.4, -0.2) is 35.1 Å². The summed E-state index contributed by atoms with van der Waals surface area (Å²) in [6, 6.07) is 0.878. The molecule has 1 N–H and O–H groups in total. The van der Waals surface area contributed by atoms with Crippen molar-refractivity contribution in [3.8, 4) is 0 Å². The molecule has 0 aromatic heterocycles. The molecule has 2 aliphatic rings. The fourth-order valence-electron chi connectivity index (χ4n) is 3.66. The van der Waals surface area contributed by atoms with Crippen LogP contribution in [0.3, 0.4) is 0 Å². The van der Waals surface area contributed by atoms with Crippen molar-refractivity contribution in [3.63, 3.8) is 0 Å². The third-order valence-electron chi connectivity index (χ3n) is 5.24. The normalized spacial score (nSPS) is 20.8. The lowest BCUT2D eigenvalue weighted by molar-refractivity contribution is -0.137. The summed E-state index contributed by atoms with van der Waals surface area (Å²) < 4.78 is 58.4. The van der Waals surface area contributed by atoms with Gasteiger partial charge >= 0.3 is 12.3 Å². The Balaban J connectivity index is 1.76. The van der Waals surface area contributed by atoms with E-state index in [4.69, 9.17) is 4.74 Å². The molecule has 9 heteroatoms. The quantitative estimate of drug-likeness (QED) is 0.698. The van der Waals surface area contributed by atoms with Crippen molar-refractivity contribution >= 4 is 12.0 Å². The summed E-state index contributed by atoms with van der Waals surface area (Å²) in [5.74, 6) is -1.50. The fraction of sp³-hybridized carbons (Fsp3) is 0.619. The number of benzene rings is 1. The number of ether oxygens (including phenoxy) is 1. The highest BCUT2D eigenvalue weighted by Crippen LogP contribution is 2.43. The molecule has 0 bridgehead atoms. The first kappa shape index (κ1) is 22.4. The Morgan fingerprint density at radius 2 is 1.83 bits per heavy atom. The number of nitrogens with zero attached hydrogens (tertiary/aromatic N) is 1. The Hall–Kier alpha value is -2.32. The van der Waals surface area contributed by atoms with Crippen LogP contribution in [-0.2, 0) is 15.7 Å². The smallest absolute Gasteiger partial charge is 0.416 e. The van der Waals surface area contributed by atoms with E-state index in [2.05, 4.69) is 5.32 Å². The van der Waals surface area contributed by atoms with Crippen LogP contribution in [0.25, 0.3) is 0 Å². The largest absolute Gasteiger partial charge is 0.444 e. The number of alkyl halides is 3. The van der Waals surface area contributed by atoms with E-state index in [0.717, 1.165) is 25.0 Å². The number of hydrogen-bond donors (Lipinski definition) is 1. The van der Waals surface area contributed by atoms with Gasteiger partial charge in [-0.15, -0.1) is 0 Å². The maximum Gasteiger partial charge on any atom is 0.416 e. The van der Waals surface area contributed by atoms with Crippen LogP contribution >= 0.6 is 0 Å². The number of amides is 2. The van der Waals surface area contributed by atoms with Crippen LogP contribution in [0, 0.1) is 11.7 Å². The van der Waals surface area contributed by atoms with Gasteiger partial charge in [-0.2, -0.15) is 13.2 Å². The Morgan fingerprint density at radius 1 is 1.17 bits per heavy atom. The Labute approximate surface area is 172 Å². The first-order chi connectivity index (χ1) is 13.9. The van der Waals surface area contributed by atoms with Gasteiger partial charge in [0, 0.05) is 12.1 Å². The molecule has 2 amide bonds. The van der Waals surface area contributed by atoms with Crippen molar-refractivity contribution in [1.29, 1.82) is 0 Å². The van der Waals surface area contributed by atoms with Crippen LogP contribution in [0.4, 0.5) is 22.4 Å². The van der Waals surface area contributed by atoms with Crippen molar-refractivity contribution in [2.45, 2.75) is 70.3 Å². The van der Waals surface area contributed by atoms with Crippen molar-refractivity contribution in [3.05, 3.63) is 35.1 Å². The van der Waals surface area contributed by atoms with Gasteiger partial charge < -0.3 is 10.1 Å². The number of carbonyl (C=O) groups excluding carboxylic acids is 2. The van der Waals surface area contributed by atoms with Crippen molar-refractivity contribution in [2.24, 2.45) is 5.92 Å². The van der Waals surface area contributed by atoms with Gasteiger partial charge in [0.05, 0.1) is 11.6 Å². The van der Waals surface area contributed by atoms with E-state index in [0.29, 0.717) is 25.5 Å². The summed E-state index contributed by atoms with van der Waals surface area (Å²) in [6.45, 7) is 5.56. The zero-order valence-corrected chi connectivity index (χ0v) is 17.2. The Morgan fingerprint density at radius 3 is 2.37 bits per heavy atom. The molecule has 1 aromatic carbocycles. The monoisotopic (exact) mass is 430 g/mol. The SMILES string of the molecule is CC(C)(C)OC(=O)N1CCCC1C(=O)N[C@@H](c1ccc(C(F)(F)F)cc1F)C1CC1.